The molecule has 0 amide bonds. The van der Waals surface area contributed by atoms with Crippen LogP contribution in [-0.4, -0.2) is 33.0 Å². The van der Waals surface area contributed by atoms with Crippen molar-refractivity contribution in [3.8, 4) is 17.4 Å². The number of benzene rings is 1. The largest absolute Gasteiger partial charge is 0.461 e. The summed E-state index contributed by atoms with van der Waals surface area (Å²) in [6, 6.07) is 6.27. The highest BCUT2D eigenvalue weighted by atomic mass is 16.6. The summed E-state index contributed by atoms with van der Waals surface area (Å²) in [5.74, 6) is 0.649. The number of non-ortho nitro benzene ring substituents is 1. The van der Waals surface area contributed by atoms with Crippen LogP contribution < -0.4 is 10.1 Å². The van der Waals surface area contributed by atoms with Gasteiger partial charge in [-0.15, -0.1) is 0 Å². The Morgan fingerprint density at radius 1 is 1.29 bits per heavy atom. The lowest BCUT2D eigenvalue weighted by molar-refractivity contribution is -0.384. The van der Waals surface area contributed by atoms with Gasteiger partial charge in [0.15, 0.2) is 5.82 Å². The predicted octanol–water partition coefficient (Wildman–Crippen LogP) is 2.28. The quantitative estimate of drug-likeness (QED) is 0.665. The summed E-state index contributed by atoms with van der Waals surface area (Å²) in [4.78, 5) is 22.8. The number of rotatable bonds is 5. The van der Waals surface area contributed by atoms with Crippen LogP contribution in [0, 0.1) is 10.1 Å². The lowest BCUT2D eigenvalue weighted by atomic mass is 10.2. The van der Waals surface area contributed by atoms with Crippen molar-refractivity contribution in [2.24, 2.45) is 0 Å². The van der Waals surface area contributed by atoms with E-state index >= 15 is 0 Å². The zero-order valence-corrected chi connectivity index (χ0v) is 11.9. The highest BCUT2D eigenvalue weighted by Gasteiger charge is 2.13. The maximum atomic E-state index is 10.8. The van der Waals surface area contributed by atoms with Gasteiger partial charge in [0, 0.05) is 24.7 Å². The Kier molecular flexibility index (Phi) is 4.27. The third-order valence-corrected chi connectivity index (χ3v) is 2.49. The van der Waals surface area contributed by atoms with Crippen molar-refractivity contribution in [2.75, 3.05) is 12.4 Å². The van der Waals surface area contributed by atoms with Crippen LogP contribution in [0.15, 0.2) is 24.3 Å². The van der Waals surface area contributed by atoms with E-state index in [1.54, 1.807) is 19.2 Å². The molecular weight excluding hydrogens is 274 g/mol. The molecule has 8 heteroatoms. The van der Waals surface area contributed by atoms with Crippen molar-refractivity contribution in [1.82, 2.24) is 15.0 Å². The monoisotopic (exact) mass is 289 g/mol. The van der Waals surface area contributed by atoms with Crippen LogP contribution in [0.4, 0.5) is 11.6 Å². The number of hydrogen-bond donors (Lipinski definition) is 1. The van der Waals surface area contributed by atoms with Gasteiger partial charge in [-0.25, -0.2) is 0 Å². The van der Waals surface area contributed by atoms with Crippen LogP contribution in [0.1, 0.15) is 13.8 Å². The lowest BCUT2D eigenvalue weighted by Gasteiger charge is -2.10. The molecule has 0 aliphatic carbocycles. The Hall–Kier alpha value is -2.77. The fourth-order valence-corrected chi connectivity index (χ4v) is 1.62. The number of anilines is 1. The Morgan fingerprint density at radius 3 is 2.67 bits per heavy atom. The summed E-state index contributed by atoms with van der Waals surface area (Å²) >= 11 is 0. The number of nitro benzene ring substituents is 1. The van der Waals surface area contributed by atoms with Crippen LogP contribution in [0.2, 0.25) is 0 Å². The molecule has 0 unspecified atom stereocenters. The molecule has 0 aliphatic rings. The molecule has 0 radical (unpaired) electrons. The maximum Gasteiger partial charge on any atom is 0.322 e. The van der Waals surface area contributed by atoms with E-state index in [0.717, 1.165) is 0 Å². The first kappa shape index (κ1) is 14.6. The zero-order valence-electron chi connectivity index (χ0n) is 11.9. The fraction of sp³-hybridized carbons (Fsp3) is 0.308. The summed E-state index contributed by atoms with van der Waals surface area (Å²) in [6.07, 6.45) is -0.0879. The minimum absolute atomic E-state index is 0.0229. The van der Waals surface area contributed by atoms with Gasteiger partial charge >= 0.3 is 6.01 Å². The molecule has 1 heterocycles. The molecule has 0 atom stereocenters. The molecule has 0 bridgehead atoms. The van der Waals surface area contributed by atoms with E-state index in [-0.39, 0.29) is 17.8 Å². The number of nitrogens with zero attached hydrogens (tertiary/aromatic N) is 4. The van der Waals surface area contributed by atoms with Gasteiger partial charge in [-0.2, -0.15) is 15.0 Å². The first-order valence-electron chi connectivity index (χ1n) is 6.35. The Balaban J connectivity index is 2.47. The third-order valence-electron chi connectivity index (χ3n) is 2.49. The molecule has 2 rings (SSSR count). The van der Waals surface area contributed by atoms with Crippen LogP contribution in [0.3, 0.4) is 0 Å². The van der Waals surface area contributed by atoms with Crippen molar-refractivity contribution in [3.05, 3.63) is 34.4 Å². The molecule has 0 spiro atoms. The SMILES string of the molecule is CNc1nc(OC(C)C)nc(-c2cccc([N+](=O)[O-])c2)n1. The topological polar surface area (TPSA) is 103 Å². The minimum atomic E-state index is -0.463. The van der Waals surface area contributed by atoms with E-state index in [0.29, 0.717) is 17.3 Å². The second-order valence-electron chi connectivity index (χ2n) is 4.49. The summed E-state index contributed by atoms with van der Waals surface area (Å²) in [7, 11) is 1.67. The molecule has 110 valence electrons. The first-order valence-corrected chi connectivity index (χ1v) is 6.35. The molecule has 8 nitrogen and oxygen atoms in total. The summed E-state index contributed by atoms with van der Waals surface area (Å²) in [5, 5.41) is 13.6. The summed E-state index contributed by atoms with van der Waals surface area (Å²) in [6.45, 7) is 3.71. The average Bonchev–Trinajstić information content (AvgIpc) is 2.46. The van der Waals surface area contributed by atoms with E-state index in [9.17, 15) is 10.1 Å². The van der Waals surface area contributed by atoms with E-state index in [2.05, 4.69) is 20.3 Å². The molecule has 0 aliphatic heterocycles. The standard InChI is InChI=1S/C13H15N5O3/c1-8(2)21-13-16-11(15-12(14-3)17-13)9-5-4-6-10(7-9)18(19)20/h4-8H,1-3H3,(H,14,15,16,17). The van der Waals surface area contributed by atoms with Crippen molar-refractivity contribution in [3.63, 3.8) is 0 Å². The van der Waals surface area contributed by atoms with Crippen LogP contribution in [-0.2, 0) is 0 Å². The van der Waals surface area contributed by atoms with Gasteiger partial charge in [0.25, 0.3) is 5.69 Å². The molecule has 0 fully saturated rings. The number of hydrogen-bond acceptors (Lipinski definition) is 7. The molecule has 0 saturated carbocycles. The van der Waals surface area contributed by atoms with Gasteiger partial charge in [-0.3, -0.25) is 10.1 Å². The van der Waals surface area contributed by atoms with Crippen molar-refractivity contribution < 1.29 is 9.66 Å². The predicted molar refractivity (Wildman–Crippen MR) is 77.2 cm³/mol. The Morgan fingerprint density at radius 2 is 2.05 bits per heavy atom. The van der Waals surface area contributed by atoms with E-state index in [4.69, 9.17) is 4.74 Å². The van der Waals surface area contributed by atoms with Gasteiger partial charge in [0.2, 0.25) is 5.95 Å². The highest BCUT2D eigenvalue weighted by Crippen LogP contribution is 2.23. The third kappa shape index (κ3) is 3.62. The van der Waals surface area contributed by atoms with E-state index < -0.39 is 4.92 Å². The zero-order chi connectivity index (χ0) is 15.4. The maximum absolute atomic E-state index is 10.8. The van der Waals surface area contributed by atoms with Crippen LogP contribution >= 0.6 is 0 Å². The van der Waals surface area contributed by atoms with Gasteiger partial charge in [0.05, 0.1) is 11.0 Å². The normalized spacial score (nSPS) is 10.5. The Labute approximate surface area is 121 Å². The number of aromatic nitrogens is 3. The van der Waals surface area contributed by atoms with Gasteiger partial charge in [0.1, 0.15) is 0 Å². The molecular formula is C13H15N5O3. The second kappa shape index (κ2) is 6.12. The molecule has 1 N–H and O–H groups in total. The molecule has 1 aromatic heterocycles. The molecule has 1 aromatic carbocycles. The number of nitro groups is 1. The van der Waals surface area contributed by atoms with Crippen molar-refractivity contribution in [2.45, 2.75) is 20.0 Å². The van der Waals surface area contributed by atoms with Gasteiger partial charge in [-0.1, -0.05) is 12.1 Å². The molecule has 0 saturated heterocycles. The number of nitrogens with one attached hydrogen (secondary N) is 1. The number of ether oxygens (including phenoxy) is 1. The van der Waals surface area contributed by atoms with Crippen LogP contribution in [0.5, 0.6) is 6.01 Å². The summed E-state index contributed by atoms with van der Waals surface area (Å²) in [5.41, 5.74) is 0.502. The van der Waals surface area contributed by atoms with Gasteiger partial charge in [-0.05, 0) is 13.8 Å². The molecule has 21 heavy (non-hydrogen) atoms. The summed E-state index contributed by atoms with van der Waals surface area (Å²) < 4.78 is 5.46. The Bertz CT molecular complexity index is 660. The van der Waals surface area contributed by atoms with Crippen LogP contribution in [0.25, 0.3) is 11.4 Å². The highest BCUT2D eigenvalue weighted by molar-refractivity contribution is 5.60. The second-order valence-corrected chi connectivity index (χ2v) is 4.49. The van der Waals surface area contributed by atoms with E-state index in [1.165, 1.54) is 12.1 Å². The van der Waals surface area contributed by atoms with Crippen molar-refractivity contribution >= 4 is 11.6 Å². The molecule has 2 aromatic rings. The average molecular weight is 289 g/mol. The van der Waals surface area contributed by atoms with E-state index in [1.807, 2.05) is 13.8 Å². The van der Waals surface area contributed by atoms with Crippen molar-refractivity contribution in [1.29, 1.82) is 0 Å². The fourth-order valence-electron chi connectivity index (χ4n) is 1.62. The first-order chi connectivity index (χ1) is 9.99. The lowest BCUT2D eigenvalue weighted by Crippen LogP contribution is -2.11. The minimum Gasteiger partial charge on any atom is -0.461 e. The smallest absolute Gasteiger partial charge is 0.322 e. The van der Waals surface area contributed by atoms with Gasteiger partial charge < -0.3 is 10.1 Å².